The van der Waals surface area contributed by atoms with E-state index in [4.69, 9.17) is 10.5 Å². The molecule has 0 heterocycles. The Bertz CT molecular complexity index is 486. The van der Waals surface area contributed by atoms with Crippen LogP contribution >= 0.6 is 15.9 Å². The molecular formula is C12H13BrN2O3. The van der Waals surface area contributed by atoms with Gasteiger partial charge in [-0.05, 0) is 24.3 Å². The van der Waals surface area contributed by atoms with E-state index < -0.39 is 11.8 Å². The Morgan fingerprint density at radius 2 is 2.22 bits per heavy atom. The molecule has 0 saturated carbocycles. The molecule has 18 heavy (non-hydrogen) atoms. The van der Waals surface area contributed by atoms with Crippen LogP contribution in [0.25, 0.3) is 6.08 Å². The standard InChI is InChI=1S/C12H13BrN2O3/c1-18-10-4-3-9(13)6-8(10)2-5-12(17)15-7-11(14)16/h2-6H,7H2,1H3,(H2,14,16)(H,15,17). The maximum absolute atomic E-state index is 11.3. The van der Waals surface area contributed by atoms with Crippen LogP contribution in [0.1, 0.15) is 5.56 Å². The molecular weight excluding hydrogens is 300 g/mol. The lowest BCUT2D eigenvalue weighted by molar-refractivity contribution is -0.122. The number of hydrogen-bond acceptors (Lipinski definition) is 3. The highest BCUT2D eigenvalue weighted by atomic mass is 79.9. The number of nitrogens with two attached hydrogens (primary N) is 1. The summed E-state index contributed by atoms with van der Waals surface area (Å²) >= 11 is 3.33. The summed E-state index contributed by atoms with van der Waals surface area (Å²) in [6.07, 6.45) is 2.91. The van der Waals surface area contributed by atoms with E-state index in [-0.39, 0.29) is 6.54 Å². The van der Waals surface area contributed by atoms with Gasteiger partial charge >= 0.3 is 0 Å². The van der Waals surface area contributed by atoms with Crippen LogP contribution in [0.4, 0.5) is 0 Å². The fourth-order valence-corrected chi connectivity index (χ4v) is 1.61. The van der Waals surface area contributed by atoms with Crippen molar-refractivity contribution < 1.29 is 14.3 Å². The van der Waals surface area contributed by atoms with Gasteiger partial charge in [0.1, 0.15) is 5.75 Å². The highest BCUT2D eigenvalue weighted by molar-refractivity contribution is 9.10. The fraction of sp³-hybridized carbons (Fsp3) is 0.167. The van der Waals surface area contributed by atoms with Gasteiger partial charge in [0.05, 0.1) is 13.7 Å². The van der Waals surface area contributed by atoms with Gasteiger partial charge in [0, 0.05) is 16.1 Å². The summed E-state index contributed by atoms with van der Waals surface area (Å²) in [7, 11) is 1.55. The van der Waals surface area contributed by atoms with Crippen LogP contribution in [-0.4, -0.2) is 25.5 Å². The van der Waals surface area contributed by atoms with Gasteiger partial charge in [-0.1, -0.05) is 15.9 Å². The first kappa shape index (κ1) is 14.2. The Labute approximate surface area is 113 Å². The zero-order valence-corrected chi connectivity index (χ0v) is 11.4. The summed E-state index contributed by atoms with van der Waals surface area (Å²) < 4.78 is 6.03. The van der Waals surface area contributed by atoms with Gasteiger partial charge in [-0.25, -0.2) is 0 Å². The quantitative estimate of drug-likeness (QED) is 0.798. The van der Waals surface area contributed by atoms with Gasteiger partial charge < -0.3 is 15.8 Å². The second kappa shape index (κ2) is 6.80. The number of amides is 2. The number of primary amides is 1. The third kappa shape index (κ3) is 4.58. The molecule has 0 saturated heterocycles. The average Bonchev–Trinajstić information content (AvgIpc) is 2.34. The van der Waals surface area contributed by atoms with Crippen LogP contribution in [0.3, 0.4) is 0 Å². The zero-order valence-electron chi connectivity index (χ0n) is 9.77. The molecule has 0 aromatic heterocycles. The van der Waals surface area contributed by atoms with Gasteiger partial charge in [-0.15, -0.1) is 0 Å². The smallest absolute Gasteiger partial charge is 0.244 e. The fourth-order valence-electron chi connectivity index (χ4n) is 1.23. The number of hydrogen-bond donors (Lipinski definition) is 2. The van der Waals surface area contributed by atoms with Crippen LogP contribution in [0.2, 0.25) is 0 Å². The molecule has 0 unspecified atom stereocenters. The van der Waals surface area contributed by atoms with Crippen molar-refractivity contribution in [2.45, 2.75) is 0 Å². The third-order valence-corrected chi connectivity index (χ3v) is 2.54. The first-order valence-corrected chi connectivity index (χ1v) is 5.90. The minimum absolute atomic E-state index is 0.182. The van der Waals surface area contributed by atoms with Crippen molar-refractivity contribution in [2.75, 3.05) is 13.7 Å². The molecule has 1 aromatic carbocycles. The first-order chi connectivity index (χ1) is 8.52. The maximum Gasteiger partial charge on any atom is 0.244 e. The van der Waals surface area contributed by atoms with Crippen molar-refractivity contribution in [1.82, 2.24) is 5.32 Å². The summed E-state index contributed by atoms with van der Waals surface area (Å²) in [5.41, 5.74) is 5.66. The van der Waals surface area contributed by atoms with Gasteiger partial charge in [-0.2, -0.15) is 0 Å². The predicted octanol–water partition coefficient (Wildman–Crippen LogP) is 1.07. The van der Waals surface area contributed by atoms with E-state index in [0.717, 1.165) is 10.0 Å². The van der Waals surface area contributed by atoms with Crippen molar-refractivity contribution in [3.8, 4) is 5.75 Å². The van der Waals surface area contributed by atoms with Crippen LogP contribution in [0.15, 0.2) is 28.7 Å². The molecule has 1 rings (SSSR count). The van der Waals surface area contributed by atoms with E-state index in [1.54, 1.807) is 19.3 Å². The van der Waals surface area contributed by atoms with Crippen molar-refractivity contribution >= 4 is 33.8 Å². The lowest BCUT2D eigenvalue weighted by Crippen LogP contribution is -2.32. The highest BCUT2D eigenvalue weighted by Gasteiger charge is 2.02. The number of halogens is 1. The van der Waals surface area contributed by atoms with Crippen LogP contribution in [-0.2, 0) is 9.59 Å². The van der Waals surface area contributed by atoms with E-state index in [2.05, 4.69) is 21.2 Å². The second-order valence-corrected chi connectivity index (χ2v) is 4.32. The first-order valence-electron chi connectivity index (χ1n) is 5.10. The van der Waals surface area contributed by atoms with Crippen molar-refractivity contribution in [3.63, 3.8) is 0 Å². The van der Waals surface area contributed by atoms with E-state index in [0.29, 0.717) is 5.75 Å². The Morgan fingerprint density at radius 1 is 1.50 bits per heavy atom. The summed E-state index contributed by atoms with van der Waals surface area (Å²) in [6, 6.07) is 5.44. The number of carbonyl (C=O) groups is 2. The normalized spacial score (nSPS) is 10.3. The Hall–Kier alpha value is -1.82. The highest BCUT2D eigenvalue weighted by Crippen LogP contribution is 2.23. The molecule has 96 valence electrons. The molecule has 1 aromatic rings. The zero-order chi connectivity index (χ0) is 13.5. The molecule has 5 nitrogen and oxygen atoms in total. The van der Waals surface area contributed by atoms with Crippen LogP contribution < -0.4 is 15.8 Å². The maximum atomic E-state index is 11.3. The molecule has 0 bridgehead atoms. The second-order valence-electron chi connectivity index (χ2n) is 3.40. The number of rotatable bonds is 5. The Kier molecular flexibility index (Phi) is 5.38. The molecule has 0 aliphatic carbocycles. The number of methoxy groups -OCH3 is 1. The van der Waals surface area contributed by atoms with Crippen molar-refractivity contribution in [2.24, 2.45) is 5.73 Å². The van der Waals surface area contributed by atoms with E-state index in [1.807, 2.05) is 12.1 Å². The molecule has 0 spiro atoms. The third-order valence-electron chi connectivity index (χ3n) is 2.04. The van der Waals surface area contributed by atoms with Gasteiger partial charge in [0.25, 0.3) is 0 Å². The average molecular weight is 313 g/mol. The van der Waals surface area contributed by atoms with Crippen LogP contribution in [0, 0.1) is 0 Å². The molecule has 6 heteroatoms. The number of carbonyl (C=O) groups excluding carboxylic acids is 2. The predicted molar refractivity (Wildman–Crippen MR) is 71.9 cm³/mol. The Morgan fingerprint density at radius 3 is 2.83 bits per heavy atom. The molecule has 0 aliphatic rings. The molecule has 0 fully saturated rings. The van der Waals surface area contributed by atoms with Crippen LogP contribution in [0.5, 0.6) is 5.75 Å². The number of benzene rings is 1. The van der Waals surface area contributed by atoms with Crippen molar-refractivity contribution in [3.05, 3.63) is 34.3 Å². The Balaban J connectivity index is 2.74. The summed E-state index contributed by atoms with van der Waals surface area (Å²) in [5.74, 6) is -0.329. The lowest BCUT2D eigenvalue weighted by atomic mass is 10.2. The molecule has 0 radical (unpaired) electrons. The van der Waals surface area contributed by atoms with E-state index in [1.165, 1.54) is 6.08 Å². The van der Waals surface area contributed by atoms with E-state index in [9.17, 15) is 9.59 Å². The van der Waals surface area contributed by atoms with Crippen molar-refractivity contribution in [1.29, 1.82) is 0 Å². The SMILES string of the molecule is COc1ccc(Br)cc1C=CC(=O)NCC(N)=O. The summed E-state index contributed by atoms with van der Waals surface area (Å²) in [5, 5.41) is 2.35. The molecule has 0 aliphatic heterocycles. The lowest BCUT2D eigenvalue weighted by Gasteiger charge is -2.04. The summed E-state index contributed by atoms with van der Waals surface area (Å²) in [4.78, 5) is 21.8. The molecule has 3 N–H and O–H groups in total. The molecule has 2 amide bonds. The monoisotopic (exact) mass is 312 g/mol. The van der Waals surface area contributed by atoms with Gasteiger partial charge in [0.2, 0.25) is 11.8 Å². The molecule has 0 atom stereocenters. The van der Waals surface area contributed by atoms with E-state index >= 15 is 0 Å². The minimum Gasteiger partial charge on any atom is -0.496 e. The number of nitrogens with one attached hydrogen (secondary N) is 1. The van der Waals surface area contributed by atoms with Gasteiger partial charge in [0.15, 0.2) is 0 Å². The minimum atomic E-state index is -0.586. The number of ether oxygens (including phenoxy) is 1. The largest absolute Gasteiger partial charge is 0.496 e. The topological polar surface area (TPSA) is 81.4 Å². The summed E-state index contributed by atoms with van der Waals surface area (Å²) in [6.45, 7) is -0.182. The van der Waals surface area contributed by atoms with Gasteiger partial charge in [-0.3, -0.25) is 9.59 Å².